The lowest BCUT2D eigenvalue weighted by atomic mass is 10.0. The Hall–Kier alpha value is -2.93. The van der Waals surface area contributed by atoms with E-state index in [1.54, 1.807) is 19.1 Å². The van der Waals surface area contributed by atoms with Gasteiger partial charge in [-0.25, -0.2) is 9.18 Å². The van der Waals surface area contributed by atoms with Crippen LogP contribution in [0.2, 0.25) is 0 Å². The minimum atomic E-state index is -0.340. The molecule has 3 amide bonds. The minimum Gasteiger partial charge on any atom is -0.336 e. The van der Waals surface area contributed by atoms with Crippen molar-refractivity contribution in [3.63, 3.8) is 0 Å². The van der Waals surface area contributed by atoms with Crippen LogP contribution in [0, 0.1) is 12.7 Å². The number of likely N-dealkylation sites (tertiary alicyclic amines) is 1. The summed E-state index contributed by atoms with van der Waals surface area (Å²) in [7, 11) is 0. The van der Waals surface area contributed by atoms with Gasteiger partial charge in [-0.1, -0.05) is 30.7 Å². The van der Waals surface area contributed by atoms with E-state index >= 15 is 0 Å². The number of nitrogens with one attached hydrogen (secondary N) is 3. The number of urea groups is 1. The molecule has 6 nitrogen and oxygen atoms in total. The van der Waals surface area contributed by atoms with Crippen LogP contribution in [0.5, 0.6) is 0 Å². The number of para-hydroxylation sites is 1. The minimum absolute atomic E-state index is 0.0887. The zero-order valence-corrected chi connectivity index (χ0v) is 16.6. The molecular weight excluding hydrogens is 371 g/mol. The highest BCUT2D eigenvalue weighted by Gasteiger charge is 2.24. The van der Waals surface area contributed by atoms with Crippen molar-refractivity contribution in [2.75, 3.05) is 30.3 Å². The molecule has 3 N–H and O–H groups in total. The van der Waals surface area contributed by atoms with E-state index in [1.807, 2.05) is 30.3 Å². The SMILES string of the molecule is Cc1ccc(NC(=O)CN2CCCCC2CNC(=O)Nc2ccccc2)cc1F. The second kappa shape index (κ2) is 10.0. The van der Waals surface area contributed by atoms with Gasteiger partial charge in [-0.05, 0) is 56.1 Å². The number of anilines is 2. The molecule has 0 spiro atoms. The largest absolute Gasteiger partial charge is 0.336 e. The van der Waals surface area contributed by atoms with Gasteiger partial charge in [0.25, 0.3) is 0 Å². The maximum absolute atomic E-state index is 13.7. The molecule has 0 radical (unpaired) electrons. The van der Waals surface area contributed by atoms with Crippen molar-refractivity contribution < 1.29 is 14.0 Å². The predicted molar refractivity (Wildman–Crippen MR) is 112 cm³/mol. The third-order valence-corrected chi connectivity index (χ3v) is 5.08. The van der Waals surface area contributed by atoms with Crippen LogP contribution in [-0.4, -0.2) is 42.5 Å². The Balaban J connectivity index is 1.50. The topological polar surface area (TPSA) is 73.5 Å². The summed E-state index contributed by atoms with van der Waals surface area (Å²) < 4.78 is 13.7. The molecule has 2 aromatic carbocycles. The number of halogens is 1. The summed E-state index contributed by atoms with van der Waals surface area (Å²) in [5.74, 6) is -0.527. The number of hydrogen-bond donors (Lipinski definition) is 3. The number of aryl methyl sites for hydroxylation is 1. The van der Waals surface area contributed by atoms with Crippen LogP contribution in [0.25, 0.3) is 0 Å². The molecule has 0 saturated carbocycles. The molecule has 1 atom stereocenters. The summed E-state index contributed by atoms with van der Waals surface area (Å²) in [4.78, 5) is 26.6. The molecule has 154 valence electrons. The lowest BCUT2D eigenvalue weighted by Crippen LogP contribution is -2.49. The van der Waals surface area contributed by atoms with E-state index in [0.29, 0.717) is 17.8 Å². The average Bonchev–Trinajstić information content (AvgIpc) is 2.71. The van der Waals surface area contributed by atoms with Gasteiger partial charge in [-0.2, -0.15) is 0 Å². The normalized spacial score (nSPS) is 16.8. The second-order valence-corrected chi connectivity index (χ2v) is 7.33. The van der Waals surface area contributed by atoms with Gasteiger partial charge in [0.15, 0.2) is 0 Å². The number of benzene rings is 2. The maximum Gasteiger partial charge on any atom is 0.319 e. The van der Waals surface area contributed by atoms with E-state index in [4.69, 9.17) is 0 Å². The molecule has 7 heteroatoms. The van der Waals surface area contributed by atoms with Crippen LogP contribution in [0.1, 0.15) is 24.8 Å². The highest BCUT2D eigenvalue weighted by Crippen LogP contribution is 2.18. The first-order valence-corrected chi connectivity index (χ1v) is 9.91. The first kappa shape index (κ1) is 20.8. The quantitative estimate of drug-likeness (QED) is 0.694. The van der Waals surface area contributed by atoms with Crippen LogP contribution in [0.3, 0.4) is 0 Å². The van der Waals surface area contributed by atoms with E-state index in [0.717, 1.165) is 31.5 Å². The Morgan fingerprint density at radius 1 is 1.07 bits per heavy atom. The number of amides is 3. The third-order valence-electron chi connectivity index (χ3n) is 5.08. The molecule has 0 aromatic heterocycles. The van der Waals surface area contributed by atoms with Crippen LogP contribution in [0.4, 0.5) is 20.6 Å². The molecule has 1 unspecified atom stereocenters. The van der Waals surface area contributed by atoms with Gasteiger partial charge in [0.1, 0.15) is 5.82 Å². The summed E-state index contributed by atoms with van der Waals surface area (Å²) in [6.07, 6.45) is 2.99. The van der Waals surface area contributed by atoms with Crippen LogP contribution < -0.4 is 16.0 Å². The van der Waals surface area contributed by atoms with Crippen molar-refractivity contribution in [2.24, 2.45) is 0 Å². The molecule has 3 rings (SSSR count). The first-order valence-electron chi connectivity index (χ1n) is 9.91. The number of carbonyl (C=O) groups excluding carboxylic acids is 2. The van der Waals surface area contributed by atoms with Gasteiger partial charge >= 0.3 is 6.03 Å². The van der Waals surface area contributed by atoms with Gasteiger partial charge < -0.3 is 16.0 Å². The predicted octanol–water partition coefficient (Wildman–Crippen LogP) is 3.75. The lowest BCUT2D eigenvalue weighted by molar-refractivity contribution is -0.118. The number of piperidine rings is 1. The van der Waals surface area contributed by atoms with Crippen molar-refractivity contribution in [3.05, 3.63) is 59.9 Å². The molecule has 1 saturated heterocycles. The fourth-order valence-corrected chi connectivity index (χ4v) is 3.46. The van der Waals surface area contributed by atoms with Gasteiger partial charge in [0, 0.05) is 24.0 Å². The Morgan fingerprint density at radius 3 is 2.62 bits per heavy atom. The average molecular weight is 398 g/mol. The molecule has 1 heterocycles. The zero-order valence-electron chi connectivity index (χ0n) is 16.6. The number of nitrogens with zero attached hydrogens (tertiary/aromatic N) is 1. The zero-order chi connectivity index (χ0) is 20.6. The maximum atomic E-state index is 13.7. The summed E-state index contributed by atoms with van der Waals surface area (Å²) in [6.45, 7) is 3.15. The Bertz CT molecular complexity index is 844. The number of rotatable bonds is 6. The molecular formula is C22H27FN4O2. The monoisotopic (exact) mass is 398 g/mol. The van der Waals surface area contributed by atoms with Gasteiger partial charge in [-0.3, -0.25) is 9.69 Å². The van der Waals surface area contributed by atoms with Gasteiger partial charge in [0.2, 0.25) is 5.91 Å². The van der Waals surface area contributed by atoms with Gasteiger partial charge in [0.05, 0.1) is 6.54 Å². The molecule has 1 fully saturated rings. The fraction of sp³-hybridized carbons (Fsp3) is 0.364. The smallest absolute Gasteiger partial charge is 0.319 e. The van der Waals surface area contributed by atoms with E-state index in [-0.39, 0.29) is 30.3 Å². The summed E-state index contributed by atoms with van der Waals surface area (Å²) in [5.41, 5.74) is 1.72. The lowest BCUT2D eigenvalue weighted by Gasteiger charge is -2.35. The van der Waals surface area contributed by atoms with Crippen molar-refractivity contribution >= 4 is 23.3 Å². The Kier molecular flexibility index (Phi) is 7.19. The molecule has 1 aliphatic heterocycles. The summed E-state index contributed by atoms with van der Waals surface area (Å²) in [6, 6.07) is 13.7. The van der Waals surface area contributed by atoms with Crippen molar-refractivity contribution in [2.45, 2.75) is 32.2 Å². The number of carbonyl (C=O) groups is 2. The Labute approximate surface area is 170 Å². The Morgan fingerprint density at radius 2 is 1.86 bits per heavy atom. The van der Waals surface area contributed by atoms with Crippen LogP contribution in [-0.2, 0) is 4.79 Å². The van der Waals surface area contributed by atoms with Crippen LogP contribution in [0.15, 0.2) is 48.5 Å². The second-order valence-electron chi connectivity index (χ2n) is 7.33. The molecule has 29 heavy (non-hydrogen) atoms. The van der Waals surface area contributed by atoms with E-state index in [9.17, 15) is 14.0 Å². The molecule has 1 aliphatic rings. The molecule has 0 bridgehead atoms. The molecule has 0 aliphatic carbocycles. The summed E-state index contributed by atoms with van der Waals surface area (Å²) in [5, 5.41) is 8.45. The molecule has 2 aromatic rings. The van der Waals surface area contributed by atoms with Crippen LogP contribution >= 0.6 is 0 Å². The third kappa shape index (κ3) is 6.29. The highest BCUT2D eigenvalue weighted by molar-refractivity contribution is 5.92. The van der Waals surface area contributed by atoms with Crippen molar-refractivity contribution in [1.29, 1.82) is 0 Å². The standard InChI is InChI=1S/C22H27FN4O2/c1-16-10-11-18(13-20(16)23)25-21(28)15-27-12-6-5-9-19(27)14-24-22(29)26-17-7-3-2-4-8-17/h2-4,7-8,10-11,13,19H,5-6,9,12,14-15H2,1H3,(H,25,28)(H2,24,26,29). The fourth-order valence-electron chi connectivity index (χ4n) is 3.46. The number of hydrogen-bond acceptors (Lipinski definition) is 3. The van der Waals surface area contributed by atoms with E-state index in [1.165, 1.54) is 6.07 Å². The van der Waals surface area contributed by atoms with Gasteiger partial charge in [-0.15, -0.1) is 0 Å². The highest BCUT2D eigenvalue weighted by atomic mass is 19.1. The first-order chi connectivity index (χ1) is 14.0. The van der Waals surface area contributed by atoms with E-state index < -0.39 is 0 Å². The summed E-state index contributed by atoms with van der Waals surface area (Å²) >= 11 is 0. The van der Waals surface area contributed by atoms with Crippen molar-refractivity contribution in [1.82, 2.24) is 10.2 Å². The van der Waals surface area contributed by atoms with E-state index in [2.05, 4.69) is 20.9 Å². The van der Waals surface area contributed by atoms with Crippen molar-refractivity contribution in [3.8, 4) is 0 Å².